The van der Waals surface area contributed by atoms with Crippen molar-refractivity contribution in [1.82, 2.24) is 10.2 Å². The lowest BCUT2D eigenvalue weighted by atomic mass is 10.2. The van der Waals surface area contributed by atoms with Gasteiger partial charge in [-0.2, -0.15) is 0 Å². The number of rotatable bonds is 3. The standard InChI is InChI=1S/C10H11BrN4S/c1-15(2)8-6-4-3-5-7(8)12-10-14-13-9(11)16-10/h3-6H,1-2H3,(H,12,14). The van der Waals surface area contributed by atoms with E-state index in [4.69, 9.17) is 0 Å². The van der Waals surface area contributed by atoms with Crippen molar-refractivity contribution >= 4 is 43.8 Å². The summed E-state index contributed by atoms with van der Waals surface area (Å²) in [4.78, 5) is 2.05. The Labute approximate surface area is 106 Å². The Bertz CT molecular complexity index is 483. The molecule has 0 saturated carbocycles. The minimum atomic E-state index is 0.775. The van der Waals surface area contributed by atoms with Crippen LogP contribution in [-0.2, 0) is 0 Å². The van der Waals surface area contributed by atoms with Crippen molar-refractivity contribution < 1.29 is 0 Å². The molecule has 1 aromatic carbocycles. The second-order valence-electron chi connectivity index (χ2n) is 3.40. The lowest BCUT2D eigenvalue weighted by Gasteiger charge is -2.16. The highest BCUT2D eigenvalue weighted by Crippen LogP contribution is 2.29. The van der Waals surface area contributed by atoms with E-state index >= 15 is 0 Å². The number of aromatic nitrogens is 2. The van der Waals surface area contributed by atoms with Crippen LogP contribution in [0.15, 0.2) is 28.2 Å². The van der Waals surface area contributed by atoms with Gasteiger partial charge in [0.2, 0.25) is 5.13 Å². The third kappa shape index (κ3) is 2.51. The molecule has 2 aromatic rings. The van der Waals surface area contributed by atoms with E-state index in [0.717, 1.165) is 20.4 Å². The number of hydrogen-bond donors (Lipinski definition) is 1. The van der Waals surface area contributed by atoms with E-state index in [1.165, 1.54) is 11.3 Å². The Morgan fingerprint density at radius 1 is 1.25 bits per heavy atom. The molecule has 0 aliphatic rings. The van der Waals surface area contributed by atoms with Crippen LogP contribution in [0.1, 0.15) is 0 Å². The molecule has 0 bridgehead atoms. The zero-order chi connectivity index (χ0) is 11.5. The zero-order valence-electron chi connectivity index (χ0n) is 8.94. The highest BCUT2D eigenvalue weighted by molar-refractivity contribution is 9.11. The van der Waals surface area contributed by atoms with Gasteiger partial charge in [-0.15, -0.1) is 10.2 Å². The van der Waals surface area contributed by atoms with Crippen LogP contribution in [0.25, 0.3) is 0 Å². The summed E-state index contributed by atoms with van der Waals surface area (Å²) in [5.74, 6) is 0. The van der Waals surface area contributed by atoms with E-state index < -0.39 is 0 Å². The van der Waals surface area contributed by atoms with Gasteiger partial charge in [0.15, 0.2) is 3.92 Å². The van der Waals surface area contributed by atoms with Crippen LogP contribution in [0.3, 0.4) is 0 Å². The van der Waals surface area contributed by atoms with E-state index in [0.29, 0.717) is 0 Å². The van der Waals surface area contributed by atoms with Crippen LogP contribution in [0.4, 0.5) is 16.5 Å². The fraction of sp³-hybridized carbons (Fsp3) is 0.200. The molecule has 0 atom stereocenters. The van der Waals surface area contributed by atoms with Crippen LogP contribution >= 0.6 is 27.3 Å². The number of halogens is 1. The number of nitrogens with one attached hydrogen (secondary N) is 1. The van der Waals surface area contributed by atoms with Gasteiger partial charge in [-0.25, -0.2) is 0 Å². The molecular weight excluding hydrogens is 288 g/mol. The van der Waals surface area contributed by atoms with Gasteiger partial charge in [-0.1, -0.05) is 23.5 Å². The maximum absolute atomic E-state index is 4.00. The molecule has 0 unspecified atom stereocenters. The van der Waals surface area contributed by atoms with Gasteiger partial charge >= 0.3 is 0 Å². The molecule has 0 aliphatic carbocycles. The predicted octanol–water partition coefficient (Wildman–Crippen LogP) is 3.11. The summed E-state index contributed by atoms with van der Waals surface area (Å²) in [5.41, 5.74) is 2.14. The molecule has 1 heterocycles. The van der Waals surface area contributed by atoms with Gasteiger partial charge in [-0.3, -0.25) is 0 Å². The molecule has 0 saturated heterocycles. The second kappa shape index (κ2) is 4.80. The van der Waals surface area contributed by atoms with E-state index in [-0.39, 0.29) is 0 Å². The highest BCUT2D eigenvalue weighted by Gasteiger charge is 2.06. The van der Waals surface area contributed by atoms with Crippen molar-refractivity contribution in [2.45, 2.75) is 0 Å². The third-order valence-electron chi connectivity index (χ3n) is 2.03. The molecule has 2 rings (SSSR count). The molecule has 6 heteroatoms. The van der Waals surface area contributed by atoms with E-state index in [9.17, 15) is 0 Å². The zero-order valence-corrected chi connectivity index (χ0v) is 11.3. The molecule has 84 valence electrons. The van der Waals surface area contributed by atoms with Crippen molar-refractivity contribution in [1.29, 1.82) is 0 Å². The third-order valence-corrected chi connectivity index (χ3v) is 3.30. The number of benzene rings is 1. The van der Waals surface area contributed by atoms with E-state index in [1.54, 1.807) is 0 Å². The Kier molecular flexibility index (Phi) is 3.40. The largest absolute Gasteiger partial charge is 0.376 e. The molecule has 4 nitrogen and oxygen atoms in total. The number of para-hydroxylation sites is 2. The normalized spacial score (nSPS) is 10.2. The average molecular weight is 299 g/mol. The Morgan fingerprint density at radius 2 is 2.00 bits per heavy atom. The second-order valence-corrected chi connectivity index (χ2v) is 5.65. The van der Waals surface area contributed by atoms with Crippen LogP contribution in [0, 0.1) is 0 Å². The van der Waals surface area contributed by atoms with E-state index in [2.05, 4.69) is 42.4 Å². The number of anilines is 3. The lowest BCUT2D eigenvalue weighted by Crippen LogP contribution is -2.10. The number of nitrogens with zero attached hydrogens (tertiary/aromatic N) is 3. The average Bonchev–Trinajstić information content (AvgIpc) is 2.64. The van der Waals surface area contributed by atoms with Gasteiger partial charge in [0.1, 0.15) is 0 Å². The summed E-state index contributed by atoms with van der Waals surface area (Å²) in [6.07, 6.45) is 0. The van der Waals surface area contributed by atoms with Crippen LogP contribution in [0.5, 0.6) is 0 Å². The van der Waals surface area contributed by atoms with Crippen molar-refractivity contribution in [3.05, 3.63) is 28.2 Å². The predicted molar refractivity (Wildman–Crippen MR) is 71.7 cm³/mol. The summed E-state index contributed by atoms with van der Waals surface area (Å²) < 4.78 is 0.775. The molecule has 0 aliphatic heterocycles. The minimum absolute atomic E-state index is 0.775. The Balaban J connectivity index is 2.27. The molecule has 0 fully saturated rings. The first-order valence-corrected chi connectivity index (χ1v) is 6.30. The van der Waals surface area contributed by atoms with Crippen molar-refractivity contribution in [2.24, 2.45) is 0 Å². The summed E-state index contributed by atoms with van der Waals surface area (Å²) in [5, 5.41) is 11.9. The van der Waals surface area contributed by atoms with Gasteiger partial charge in [0, 0.05) is 14.1 Å². The molecular formula is C10H11BrN4S. The van der Waals surface area contributed by atoms with Gasteiger partial charge in [-0.05, 0) is 28.1 Å². The first kappa shape index (κ1) is 11.3. The SMILES string of the molecule is CN(C)c1ccccc1Nc1nnc(Br)s1. The van der Waals surface area contributed by atoms with Crippen molar-refractivity contribution in [3.63, 3.8) is 0 Å². The highest BCUT2D eigenvalue weighted by atomic mass is 79.9. The first-order valence-electron chi connectivity index (χ1n) is 4.69. The fourth-order valence-electron chi connectivity index (χ4n) is 1.34. The summed E-state index contributed by atoms with van der Waals surface area (Å²) in [7, 11) is 4.02. The fourth-order valence-corrected chi connectivity index (χ4v) is 2.36. The van der Waals surface area contributed by atoms with Gasteiger partial charge < -0.3 is 10.2 Å². The summed E-state index contributed by atoms with van der Waals surface area (Å²) in [6.45, 7) is 0. The van der Waals surface area contributed by atoms with Crippen molar-refractivity contribution in [2.75, 3.05) is 24.3 Å². The molecule has 0 amide bonds. The summed E-state index contributed by atoms with van der Waals surface area (Å²) >= 11 is 4.76. The molecule has 0 spiro atoms. The Hall–Kier alpha value is -1.14. The smallest absolute Gasteiger partial charge is 0.210 e. The quantitative estimate of drug-likeness (QED) is 0.945. The maximum Gasteiger partial charge on any atom is 0.210 e. The maximum atomic E-state index is 4.00. The van der Waals surface area contributed by atoms with Crippen LogP contribution in [0.2, 0.25) is 0 Å². The molecule has 1 N–H and O–H groups in total. The van der Waals surface area contributed by atoms with Gasteiger partial charge in [0.25, 0.3) is 0 Å². The van der Waals surface area contributed by atoms with E-state index in [1.807, 2.05) is 32.3 Å². The lowest BCUT2D eigenvalue weighted by molar-refractivity contribution is 1.07. The van der Waals surface area contributed by atoms with Crippen LogP contribution < -0.4 is 10.2 Å². The van der Waals surface area contributed by atoms with Crippen molar-refractivity contribution in [3.8, 4) is 0 Å². The Morgan fingerprint density at radius 3 is 2.62 bits per heavy atom. The van der Waals surface area contributed by atoms with Crippen LogP contribution in [-0.4, -0.2) is 24.3 Å². The number of hydrogen-bond acceptors (Lipinski definition) is 5. The minimum Gasteiger partial charge on any atom is -0.376 e. The topological polar surface area (TPSA) is 41.0 Å². The summed E-state index contributed by atoms with van der Waals surface area (Å²) in [6, 6.07) is 8.07. The monoisotopic (exact) mass is 298 g/mol. The first-order chi connectivity index (χ1) is 7.66. The molecule has 1 aromatic heterocycles. The molecule has 0 radical (unpaired) electrons. The van der Waals surface area contributed by atoms with Gasteiger partial charge in [0.05, 0.1) is 11.4 Å². The molecule has 16 heavy (non-hydrogen) atoms.